The zero-order chi connectivity index (χ0) is 38.7. The predicted molar refractivity (Wildman–Crippen MR) is 229 cm³/mol. The number of hydrogen-bond donors (Lipinski definition) is 0. The molecule has 0 N–H and O–H groups in total. The minimum atomic E-state index is -0.148. The number of pyridine rings is 1. The Kier molecular flexibility index (Phi) is 10.3. The SMILES string of the molecule is CC(C)(C)C1=CN(c2cc(-c3ccccc3)cc(C(C)(C)C)c2)[CH-]N1c1[c-]c(Oc2[c-]c3c(cc2)c2ccccc2n3-c2cc(C(C)(C)C)ccn2)ccc1.[Pt]. The van der Waals surface area contributed by atoms with Crippen LogP contribution in [0.1, 0.15) is 73.4 Å². The van der Waals surface area contributed by atoms with E-state index in [1.54, 1.807) is 0 Å². The molecule has 0 fully saturated rings. The molecule has 1 aliphatic heterocycles. The first kappa shape index (κ1) is 39.1. The van der Waals surface area contributed by atoms with E-state index in [0.29, 0.717) is 11.5 Å². The summed E-state index contributed by atoms with van der Waals surface area (Å²) in [5.74, 6) is 2.09. The first-order valence-electron chi connectivity index (χ1n) is 19.1. The first-order chi connectivity index (χ1) is 26.1. The van der Waals surface area contributed by atoms with Gasteiger partial charge in [0.25, 0.3) is 0 Å². The van der Waals surface area contributed by atoms with Crippen molar-refractivity contribution in [3.05, 3.63) is 163 Å². The Morgan fingerprint density at radius 1 is 0.607 bits per heavy atom. The van der Waals surface area contributed by atoms with Gasteiger partial charge in [0, 0.05) is 61.1 Å². The van der Waals surface area contributed by atoms with Crippen LogP contribution < -0.4 is 14.5 Å². The van der Waals surface area contributed by atoms with Gasteiger partial charge in [0.2, 0.25) is 0 Å². The van der Waals surface area contributed by atoms with Crippen LogP contribution in [0.5, 0.6) is 11.5 Å². The molecule has 0 radical (unpaired) electrons. The van der Waals surface area contributed by atoms with Crippen molar-refractivity contribution in [1.29, 1.82) is 0 Å². The third kappa shape index (κ3) is 7.67. The third-order valence-corrected chi connectivity index (χ3v) is 10.3. The summed E-state index contributed by atoms with van der Waals surface area (Å²) in [6, 6.07) is 47.7. The Morgan fingerprint density at radius 3 is 2.05 bits per heavy atom. The van der Waals surface area contributed by atoms with E-state index in [2.05, 4.69) is 199 Å². The van der Waals surface area contributed by atoms with Crippen LogP contribution in [0.4, 0.5) is 11.4 Å². The van der Waals surface area contributed by atoms with Gasteiger partial charge in [-0.2, -0.15) is 12.1 Å². The Hall–Kier alpha value is -5.12. The Labute approximate surface area is 346 Å². The first-order valence-corrected chi connectivity index (χ1v) is 19.1. The van der Waals surface area contributed by atoms with Crippen LogP contribution in [0.3, 0.4) is 0 Å². The molecule has 3 heterocycles. The van der Waals surface area contributed by atoms with Crippen molar-refractivity contribution in [2.24, 2.45) is 5.41 Å². The number of anilines is 2. The maximum absolute atomic E-state index is 6.58. The average Bonchev–Trinajstić information content (AvgIpc) is 3.75. The van der Waals surface area contributed by atoms with Crippen LogP contribution >= 0.6 is 0 Å². The normalized spacial score (nSPS) is 13.6. The molecule has 2 aromatic heterocycles. The van der Waals surface area contributed by atoms with Crippen molar-refractivity contribution in [2.75, 3.05) is 9.80 Å². The zero-order valence-electron chi connectivity index (χ0n) is 33.7. The van der Waals surface area contributed by atoms with E-state index >= 15 is 0 Å². The molecule has 0 spiro atoms. The molecule has 0 aliphatic carbocycles. The number of fused-ring (bicyclic) bond motifs is 3. The second-order valence-electron chi connectivity index (χ2n) is 17.6. The number of para-hydroxylation sites is 1. The van der Waals surface area contributed by atoms with Gasteiger partial charge in [-0.15, -0.1) is 48.1 Å². The molecule has 6 heteroatoms. The number of ether oxygens (including phenoxy) is 1. The Balaban J connectivity index is 0.00000480. The van der Waals surface area contributed by atoms with Gasteiger partial charge < -0.3 is 19.1 Å². The summed E-state index contributed by atoms with van der Waals surface area (Å²) in [4.78, 5) is 9.31. The Bertz CT molecular complexity index is 2570. The molecular weight excluding hydrogens is 868 g/mol. The Morgan fingerprint density at radius 2 is 1.32 bits per heavy atom. The van der Waals surface area contributed by atoms with Gasteiger partial charge in [0.15, 0.2) is 0 Å². The maximum Gasteiger partial charge on any atom is 0.135 e. The van der Waals surface area contributed by atoms with Crippen LogP contribution in [-0.2, 0) is 31.9 Å². The zero-order valence-corrected chi connectivity index (χ0v) is 36.0. The maximum atomic E-state index is 6.58. The van der Waals surface area contributed by atoms with Crippen LogP contribution in [0.15, 0.2) is 133 Å². The fourth-order valence-electron chi connectivity index (χ4n) is 7.23. The number of benzene rings is 5. The van der Waals surface area contributed by atoms with Gasteiger partial charge in [-0.25, -0.2) is 4.98 Å². The quantitative estimate of drug-likeness (QED) is 0.156. The molecule has 0 saturated carbocycles. The molecule has 0 amide bonds. The summed E-state index contributed by atoms with van der Waals surface area (Å²) in [7, 11) is 0. The van der Waals surface area contributed by atoms with Crippen molar-refractivity contribution in [1.82, 2.24) is 9.55 Å². The molecule has 288 valence electrons. The van der Waals surface area contributed by atoms with E-state index in [4.69, 9.17) is 9.72 Å². The van der Waals surface area contributed by atoms with E-state index in [1.807, 2.05) is 24.4 Å². The van der Waals surface area contributed by atoms with Gasteiger partial charge in [-0.3, -0.25) is 0 Å². The van der Waals surface area contributed by atoms with Gasteiger partial charge in [-0.05, 0) is 75.0 Å². The third-order valence-electron chi connectivity index (χ3n) is 10.3. The predicted octanol–water partition coefficient (Wildman–Crippen LogP) is 13.2. The van der Waals surface area contributed by atoms with Gasteiger partial charge in [0.1, 0.15) is 5.82 Å². The van der Waals surface area contributed by atoms with Gasteiger partial charge >= 0.3 is 0 Å². The standard InChI is InChI=1S/C50H49N4O.Pt/c1-48(2,3)36-24-25-51-47(29-36)54-44-21-14-13-20-42(44)43-23-22-41(31-45(43)54)55-40-19-15-18-38(30-40)53-33-52(32-46(53)50(7,8)9)39-27-35(34-16-11-10-12-17-34)26-37(28-39)49(4,5)6;/h10-29,32-33H,1-9H3;/q-3;. The molecule has 0 saturated heterocycles. The number of allylic oxidation sites excluding steroid dienone is 1. The second-order valence-corrected chi connectivity index (χ2v) is 17.6. The molecule has 7 aromatic rings. The number of aromatic nitrogens is 2. The molecule has 0 unspecified atom stereocenters. The summed E-state index contributed by atoms with van der Waals surface area (Å²) in [6.07, 6.45) is 4.15. The fourth-order valence-corrected chi connectivity index (χ4v) is 7.23. The summed E-state index contributed by atoms with van der Waals surface area (Å²) in [6.45, 7) is 22.4. The van der Waals surface area contributed by atoms with E-state index in [-0.39, 0.29) is 37.3 Å². The smallest absolute Gasteiger partial charge is 0.135 e. The molecule has 56 heavy (non-hydrogen) atoms. The van der Waals surface area contributed by atoms with E-state index in [9.17, 15) is 0 Å². The van der Waals surface area contributed by atoms with E-state index < -0.39 is 0 Å². The van der Waals surface area contributed by atoms with Gasteiger partial charge in [-0.1, -0.05) is 122 Å². The van der Waals surface area contributed by atoms with Crippen molar-refractivity contribution in [3.63, 3.8) is 0 Å². The van der Waals surface area contributed by atoms with E-state index in [1.165, 1.54) is 22.3 Å². The van der Waals surface area contributed by atoms with Gasteiger partial charge in [0.05, 0.1) is 0 Å². The molecule has 1 aliphatic rings. The molecule has 0 atom stereocenters. The van der Waals surface area contributed by atoms with Crippen molar-refractivity contribution in [3.8, 4) is 28.4 Å². The monoisotopic (exact) mass is 916 g/mol. The van der Waals surface area contributed by atoms with Crippen molar-refractivity contribution < 1.29 is 25.8 Å². The summed E-state index contributed by atoms with van der Waals surface area (Å²) in [5.41, 5.74) is 9.91. The number of rotatable bonds is 6. The molecule has 8 rings (SSSR count). The van der Waals surface area contributed by atoms with Crippen LogP contribution in [0.2, 0.25) is 0 Å². The van der Waals surface area contributed by atoms with Crippen molar-refractivity contribution >= 4 is 33.2 Å². The second kappa shape index (κ2) is 14.8. The largest absolute Gasteiger partial charge is 0.509 e. The summed E-state index contributed by atoms with van der Waals surface area (Å²) in [5, 5.41) is 2.25. The van der Waals surface area contributed by atoms with Crippen LogP contribution in [0, 0.1) is 24.2 Å². The summed E-state index contributed by atoms with van der Waals surface area (Å²) >= 11 is 0. The topological polar surface area (TPSA) is 33.5 Å². The molecule has 5 nitrogen and oxygen atoms in total. The van der Waals surface area contributed by atoms with Crippen molar-refractivity contribution in [2.45, 2.75) is 73.1 Å². The minimum absolute atomic E-state index is 0. The number of nitrogens with zero attached hydrogens (tertiary/aromatic N) is 4. The summed E-state index contributed by atoms with van der Waals surface area (Å²) < 4.78 is 8.78. The molecular formula is C50H49N4OPt-3. The molecule has 0 bridgehead atoms. The average molecular weight is 917 g/mol. The number of hydrogen-bond acceptors (Lipinski definition) is 4. The molecule has 5 aromatic carbocycles. The van der Waals surface area contributed by atoms with Crippen LogP contribution in [0.25, 0.3) is 38.8 Å². The fraction of sp³-hybridized carbons (Fsp3) is 0.240. The van der Waals surface area contributed by atoms with Crippen LogP contribution in [-0.4, -0.2) is 9.55 Å². The van der Waals surface area contributed by atoms with E-state index in [0.717, 1.165) is 44.7 Å². The minimum Gasteiger partial charge on any atom is -0.509 e.